The summed E-state index contributed by atoms with van der Waals surface area (Å²) >= 11 is -1.64. The first-order valence-electron chi connectivity index (χ1n) is 2.88. The van der Waals surface area contributed by atoms with Crippen LogP contribution in [0.3, 0.4) is 0 Å². The Balaban J connectivity index is 2.79. The summed E-state index contributed by atoms with van der Waals surface area (Å²) in [4.78, 5) is 0.494. The molecule has 1 rings (SSSR count). The molecule has 0 aromatic heterocycles. The zero-order valence-corrected chi connectivity index (χ0v) is 6.38. The predicted octanol–water partition coefficient (Wildman–Crippen LogP) is 1.21. The van der Waals surface area contributed by atoms with Gasteiger partial charge in [0.2, 0.25) is 0 Å². The van der Waals surface area contributed by atoms with Crippen molar-refractivity contribution in [3.8, 4) is 6.26 Å². The molecule has 0 aliphatic carbocycles. The van der Waals surface area contributed by atoms with Crippen molar-refractivity contribution in [1.82, 2.24) is 0 Å². The minimum absolute atomic E-state index is 0.494. The van der Waals surface area contributed by atoms with Gasteiger partial charge in [-0.1, -0.05) is 18.2 Å². The van der Waals surface area contributed by atoms with Crippen molar-refractivity contribution in [2.75, 3.05) is 0 Å². The number of nitriles is 1. The van der Waals surface area contributed by atoms with Crippen LogP contribution in [-0.4, -0.2) is 4.21 Å². The molecule has 1 aromatic rings. The lowest BCUT2D eigenvalue weighted by molar-refractivity contribution is 0.526. The fraction of sp³-hybridized carbons (Fsp3) is 0. The molecule has 0 N–H and O–H groups in total. The van der Waals surface area contributed by atoms with E-state index in [0.29, 0.717) is 4.90 Å². The Morgan fingerprint density at radius 2 is 2.00 bits per heavy atom. The number of rotatable bonds is 2. The van der Waals surface area contributed by atoms with Crippen molar-refractivity contribution < 1.29 is 8.39 Å². The Morgan fingerprint density at radius 3 is 2.55 bits per heavy atom. The summed E-state index contributed by atoms with van der Waals surface area (Å²) in [5.74, 6) is 0. The minimum atomic E-state index is -1.64. The highest BCUT2D eigenvalue weighted by molar-refractivity contribution is 7.80. The number of nitrogens with zero attached hydrogens (tertiary/aromatic N) is 1. The Labute approximate surface area is 66.9 Å². The molecule has 56 valence electrons. The van der Waals surface area contributed by atoms with Crippen LogP contribution in [0.15, 0.2) is 35.2 Å². The SMILES string of the molecule is N#COS(=O)c1ccccc1. The highest BCUT2D eigenvalue weighted by atomic mass is 32.2. The minimum Gasteiger partial charge on any atom is -0.318 e. The number of benzene rings is 1. The summed E-state index contributed by atoms with van der Waals surface area (Å²) in [7, 11) is 0. The van der Waals surface area contributed by atoms with Crippen molar-refractivity contribution in [3.63, 3.8) is 0 Å². The fourth-order valence-electron chi connectivity index (χ4n) is 0.614. The zero-order valence-electron chi connectivity index (χ0n) is 5.56. The van der Waals surface area contributed by atoms with E-state index in [1.165, 1.54) is 6.26 Å². The van der Waals surface area contributed by atoms with E-state index >= 15 is 0 Å². The second-order valence-corrected chi connectivity index (χ2v) is 2.83. The number of hydrogen-bond donors (Lipinski definition) is 0. The van der Waals surface area contributed by atoms with Gasteiger partial charge < -0.3 is 4.18 Å². The molecule has 0 saturated heterocycles. The van der Waals surface area contributed by atoms with Crippen LogP contribution in [0, 0.1) is 11.5 Å². The van der Waals surface area contributed by atoms with E-state index < -0.39 is 11.1 Å². The van der Waals surface area contributed by atoms with Crippen LogP contribution >= 0.6 is 0 Å². The van der Waals surface area contributed by atoms with Gasteiger partial charge in [0.25, 0.3) is 11.1 Å². The molecule has 4 heteroatoms. The van der Waals surface area contributed by atoms with E-state index in [0.717, 1.165) is 0 Å². The summed E-state index contributed by atoms with van der Waals surface area (Å²) in [6.07, 6.45) is 1.37. The first-order valence-corrected chi connectivity index (χ1v) is 3.95. The molecule has 0 spiro atoms. The average molecular weight is 167 g/mol. The van der Waals surface area contributed by atoms with Gasteiger partial charge in [-0.25, -0.2) is 4.21 Å². The maximum Gasteiger partial charge on any atom is 0.302 e. The predicted molar refractivity (Wildman–Crippen MR) is 39.5 cm³/mol. The third-order valence-electron chi connectivity index (χ3n) is 1.05. The quantitative estimate of drug-likeness (QED) is 0.622. The Bertz CT molecular complexity index is 291. The van der Waals surface area contributed by atoms with Crippen LogP contribution in [0.1, 0.15) is 0 Å². The highest BCUT2D eigenvalue weighted by Crippen LogP contribution is 2.05. The van der Waals surface area contributed by atoms with E-state index in [1.54, 1.807) is 30.3 Å². The lowest BCUT2D eigenvalue weighted by Gasteiger charge is -1.93. The summed E-state index contributed by atoms with van der Waals surface area (Å²) in [5, 5.41) is 8.03. The third-order valence-corrected chi connectivity index (χ3v) is 1.93. The zero-order chi connectivity index (χ0) is 8.10. The molecule has 0 bridgehead atoms. The summed E-state index contributed by atoms with van der Waals surface area (Å²) in [6.45, 7) is 0. The van der Waals surface area contributed by atoms with Crippen molar-refractivity contribution >= 4 is 11.1 Å². The second-order valence-electron chi connectivity index (χ2n) is 1.72. The van der Waals surface area contributed by atoms with Crippen molar-refractivity contribution in [2.45, 2.75) is 4.90 Å². The molecule has 3 nitrogen and oxygen atoms in total. The maximum atomic E-state index is 10.9. The molecule has 11 heavy (non-hydrogen) atoms. The van der Waals surface area contributed by atoms with Gasteiger partial charge in [-0.15, -0.1) is 5.26 Å². The van der Waals surface area contributed by atoms with Crippen LogP contribution < -0.4 is 0 Å². The maximum absolute atomic E-state index is 10.9. The summed E-state index contributed by atoms with van der Waals surface area (Å²) in [6, 6.07) is 8.52. The van der Waals surface area contributed by atoms with Gasteiger partial charge in [0.15, 0.2) is 0 Å². The fourth-order valence-corrected chi connectivity index (χ4v) is 1.16. The Morgan fingerprint density at radius 1 is 1.36 bits per heavy atom. The molecule has 1 atom stereocenters. The molecule has 0 radical (unpaired) electrons. The average Bonchev–Trinajstić information content (AvgIpc) is 2.07. The highest BCUT2D eigenvalue weighted by Gasteiger charge is 2.01. The van der Waals surface area contributed by atoms with Crippen molar-refractivity contribution in [1.29, 1.82) is 5.26 Å². The van der Waals surface area contributed by atoms with E-state index in [9.17, 15) is 4.21 Å². The molecule has 0 saturated carbocycles. The molecular formula is C7H5NO2S. The van der Waals surface area contributed by atoms with Crippen LogP contribution in [0.4, 0.5) is 0 Å². The first kappa shape index (κ1) is 7.76. The molecule has 1 aromatic carbocycles. The van der Waals surface area contributed by atoms with E-state index in [2.05, 4.69) is 4.18 Å². The van der Waals surface area contributed by atoms with Crippen molar-refractivity contribution in [2.24, 2.45) is 0 Å². The normalized spacial score (nSPS) is 11.5. The first-order chi connectivity index (χ1) is 5.34. The summed E-state index contributed by atoms with van der Waals surface area (Å²) in [5.41, 5.74) is 0. The standard InChI is InChI=1S/C7H5NO2S/c8-6-10-11(9)7-4-2-1-3-5-7/h1-5H. The summed E-state index contributed by atoms with van der Waals surface area (Å²) < 4.78 is 15.1. The lowest BCUT2D eigenvalue weighted by atomic mass is 10.4. The van der Waals surface area contributed by atoms with Gasteiger partial charge in [-0.05, 0) is 12.1 Å². The second kappa shape index (κ2) is 3.74. The topological polar surface area (TPSA) is 50.1 Å². The number of hydrogen-bond acceptors (Lipinski definition) is 3. The molecule has 0 aliphatic heterocycles. The van der Waals surface area contributed by atoms with Gasteiger partial charge in [0, 0.05) is 0 Å². The largest absolute Gasteiger partial charge is 0.318 e. The van der Waals surface area contributed by atoms with E-state index in [1.807, 2.05) is 0 Å². The van der Waals surface area contributed by atoms with Crippen LogP contribution in [0.25, 0.3) is 0 Å². The molecule has 0 aliphatic rings. The van der Waals surface area contributed by atoms with Crippen LogP contribution in [-0.2, 0) is 15.3 Å². The molecule has 0 fully saturated rings. The van der Waals surface area contributed by atoms with E-state index in [4.69, 9.17) is 5.26 Å². The molecule has 1 unspecified atom stereocenters. The Hall–Kier alpha value is -1.34. The molecular weight excluding hydrogens is 162 g/mol. The van der Waals surface area contributed by atoms with Gasteiger partial charge in [0.1, 0.15) is 0 Å². The van der Waals surface area contributed by atoms with Gasteiger partial charge in [-0.2, -0.15) is 0 Å². The monoisotopic (exact) mass is 167 g/mol. The van der Waals surface area contributed by atoms with Gasteiger partial charge in [-0.3, -0.25) is 0 Å². The van der Waals surface area contributed by atoms with Crippen LogP contribution in [0.2, 0.25) is 0 Å². The van der Waals surface area contributed by atoms with E-state index in [-0.39, 0.29) is 0 Å². The van der Waals surface area contributed by atoms with Gasteiger partial charge >= 0.3 is 6.26 Å². The molecule has 0 amide bonds. The molecule has 0 heterocycles. The smallest absolute Gasteiger partial charge is 0.302 e. The van der Waals surface area contributed by atoms with Crippen molar-refractivity contribution in [3.05, 3.63) is 30.3 Å². The van der Waals surface area contributed by atoms with Gasteiger partial charge in [0.05, 0.1) is 4.90 Å². The Kier molecular flexibility index (Phi) is 2.64. The lowest BCUT2D eigenvalue weighted by Crippen LogP contribution is -1.91. The third kappa shape index (κ3) is 2.06. The van der Waals surface area contributed by atoms with Crippen LogP contribution in [0.5, 0.6) is 0 Å².